The Morgan fingerprint density at radius 3 is 2.68 bits per heavy atom. The van der Waals surface area contributed by atoms with Gasteiger partial charge in [-0.05, 0) is 31.4 Å². The first kappa shape index (κ1) is 14.6. The molecule has 6 heteroatoms. The summed E-state index contributed by atoms with van der Waals surface area (Å²) >= 11 is 0. The fourth-order valence-corrected chi connectivity index (χ4v) is 3.03. The summed E-state index contributed by atoms with van der Waals surface area (Å²) in [6, 6.07) is 5.70. The average molecular weight is 300 g/mol. The van der Waals surface area contributed by atoms with Gasteiger partial charge >= 0.3 is 0 Å². The second-order valence-corrected chi connectivity index (χ2v) is 5.66. The highest BCUT2D eigenvalue weighted by molar-refractivity contribution is 5.95. The fourth-order valence-electron chi connectivity index (χ4n) is 3.03. The quantitative estimate of drug-likeness (QED) is 0.926. The van der Waals surface area contributed by atoms with Crippen molar-refractivity contribution in [2.75, 3.05) is 13.1 Å². The van der Waals surface area contributed by atoms with E-state index in [1.165, 1.54) is 0 Å². The highest BCUT2D eigenvalue weighted by Crippen LogP contribution is 2.21. The summed E-state index contributed by atoms with van der Waals surface area (Å²) in [4.78, 5) is 30.5. The van der Waals surface area contributed by atoms with Gasteiger partial charge in [0.2, 0.25) is 5.91 Å². The molecule has 0 aromatic carbocycles. The lowest BCUT2D eigenvalue weighted by molar-refractivity contribution is -0.123. The van der Waals surface area contributed by atoms with Crippen LogP contribution in [0.25, 0.3) is 5.65 Å². The Bertz CT molecular complexity index is 714. The van der Waals surface area contributed by atoms with Crippen LogP contribution in [-0.2, 0) is 11.2 Å². The molecule has 0 bridgehead atoms. The number of fused-ring (bicyclic) bond motifs is 1. The van der Waals surface area contributed by atoms with Gasteiger partial charge in [-0.25, -0.2) is 4.98 Å². The van der Waals surface area contributed by atoms with E-state index < -0.39 is 0 Å². The largest absolute Gasteiger partial charge is 0.369 e. The number of piperidine rings is 1. The maximum atomic E-state index is 12.9. The molecular formula is C16H20N4O2. The van der Waals surface area contributed by atoms with E-state index in [2.05, 4.69) is 4.98 Å². The molecule has 3 rings (SSSR count). The maximum absolute atomic E-state index is 12.9. The van der Waals surface area contributed by atoms with E-state index in [1.807, 2.05) is 35.7 Å². The molecule has 0 radical (unpaired) electrons. The number of aryl methyl sites for hydroxylation is 1. The molecule has 0 aliphatic carbocycles. The van der Waals surface area contributed by atoms with Crippen LogP contribution in [0.5, 0.6) is 0 Å². The average Bonchev–Trinajstić information content (AvgIpc) is 2.92. The van der Waals surface area contributed by atoms with Crippen molar-refractivity contribution in [3.63, 3.8) is 0 Å². The zero-order chi connectivity index (χ0) is 15.7. The Morgan fingerprint density at radius 2 is 2.05 bits per heavy atom. The Labute approximate surface area is 128 Å². The van der Waals surface area contributed by atoms with Crippen molar-refractivity contribution in [3.05, 3.63) is 35.8 Å². The first-order valence-corrected chi connectivity index (χ1v) is 7.66. The number of carbonyl (C=O) groups excluding carboxylic acids is 2. The molecule has 1 fully saturated rings. The van der Waals surface area contributed by atoms with E-state index in [-0.39, 0.29) is 17.7 Å². The van der Waals surface area contributed by atoms with Gasteiger partial charge in [0.15, 0.2) is 0 Å². The highest BCUT2D eigenvalue weighted by Gasteiger charge is 2.29. The molecule has 3 heterocycles. The van der Waals surface area contributed by atoms with E-state index in [1.54, 1.807) is 4.90 Å². The third-order valence-corrected chi connectivity index (χ3v) is 4.32. The topological polar surface area (TPSA) is 80.7 Å². The van der Waals surface area contributed by atoms with E-state index >= 15 is 0 Å². The molecule has 6 nitrogen and oxygen atoms in total. The minimum atomic E-state index is -0.267. The number of imidazole rings is 1. The lowest BCUT2D eigenvalue weighted by Gasteiger charge is -2.30. The Morgan fingerprint density at radius 1 is 1.32 bits per heavy atom. The molecule has 1 aliphatic rings. The van der Waals surface area contributed by atoms with E-state index in [9.17, 15) is 9.59 Å². The third kappa shape index (κ3) is 2.45. The predicted molar refractivity (Wildman–Crippen MR) is 82.4 cm³/mol. The van der Waals surface area contributed by atoms with E-state index in [0.29, 0.717) is 38.0 Å². The van der Waals surface area contributed by atoms with Gasteiger partial charge in [-0.15, -0.1) is 0 Å². The molecule has 2 aromatic heterocycles. The van der Waals surface area contributed by atoms with Gasteiger partial charge in [-0.3, -0.25) is 14.0 Å². The van der Waals surface area contributed by atoms with Gasteiger partial charge in [-0.1, -0.05) is 13.0 Å². The fraction of sp³-hybridized carbons (Fsp3) is 0.438. The van der Waals surface area contributed by atoms with Gasteiger partial charge in [0, 0.05) is 25.2 Å². The molecule has 116 valence electrons. The number of hydrogen-bond acceptors (Lipinski definition) is 3. The number of aromatic nitrogens is 2. The standard InChI is InChI=1S/C16H20N4O2/c1-2-12-14(20-8-4-3-5-13(20)18-12)16(22)19-9-6-11(7-10-19)15(17)21/h3-5,8,11H,2,6-7,9-10H2,1H3,(H2,17,21). The highest BCUT2D eigenvalue weighted by atomic mass is 16.2. The number of rotatable bonds is 3. The van der Waals surface area contributed by atoms with Crippen LogP contribution < -0.4 is 5.73 Å². The van der Waals surface area contributed by atoms with Gasteiger partial charge in [-0.2, -0.15) is 0 Å². The van der Waals surface area contributed by atoms with Gasteiger partial charge in [0.1, 0.15) is 11.3 Å². The molecule has 0 saturated carbocycles. The van der Waals surface area contributed by atoms with Crippen molar-refractivity contribution in [2.24, 2.45) is 11.7 Å². The number of likely N-dealkylation sites (tertiary alicyclic amines) is 1. The summed E-state index contributed by atoms with van der Waals surface area (Å²) in [7, 11) is 0. The molecule has 0 atom stereocenters. The van der Waals surface area contributed by atoms with Crippen LogP contribution in [0.4, 0.5) is 0 Å². The summed E-state index contributed by atoms with van der Waals surface area (Å²) in [5, 5.41) is 0. The van der Waals surface area contributed by atoms with Crippen molar-refractivity contribution < 1.29 is 9.59 Å². The van der Waals surface area contributed by atoms with E-state index in [0.717, 1.165) is 11.3 Å². The normalized spacial score (nSPS) is 16.1. The number of amides is 2. The van der Waals surface area contributed by atoms with E-state index in [4.69, 9.17) is 5.73 Å². The van der Waals surface area contributed by atoms with Gasteiger partial charge in [0.25, 0.3) is 5.91 Å². The summed E-state index contributed by atoms with van der Waals surface area (Å²) in [6.07, 6.45) is 3.85. The van der Waals surface area contributed by atoms with Crippen LogP contribution in [0, 0.1) is 5.92 Å². The SMILES string of the molecule is CCc1nc2ccccn2c1C(=O)N1CCC(C(N)=O)CC1. The first-order chi connectivity index (χ1) is 10.6. The maximum Gasteiger partial charge on any atom is 0.272 e. The summed E-state index contributed by atoms with van der Waals surface area (Å²) in [5.74, 6) is -0.397. The van der Waals surface area contributed by atoms with Crippen LogP contribution in [0.3, 0.4) is 0 Å². The summed E-state index contributed by atoms with van der Waals surface area (Å²) < 4.78 is 1.85. The summed E-state index contributed by atoms with van der Waals surface area (Å²) in [5.41, 5.74) is 7.58. The minimum absolute atomic E-state index is 0.0153. The molecule has 1 aliphatic heterocycles. The molecular weight excluding hydrogens is 280 g/mol. The zero-order valence-electron chi connectivity index (χ0n) is 12.7. The Balaban J connectivity index is 1.88. The molecule has 1 saturated heterocycles. The molecule has 22 heavy (non-hydrogen) atoms. The van der Waals surface area contributed by atoms with Crippen molar-refractivity contribution in [1.29, 1.82) is 0 Å². The number of primary amides is 1. The molecule has 2 N–H and O–H groups in total. The van der Waals surface area contributed by atoms with Crippen LogP contribution >= 0.6 is 0 Å². The van der Waals surface area contributed by atoms with Gasteiger partial charge in [0.05, 0.1) is 5.69 Å². The number of pyridine rings is 1. The third-order valence-electron chi connectivity index (χ3n) is 4.32. The molecule has 0 unspecified atom stereocenters. The van der Waals surface area contributed by atoms with Crippen LogP contribution in [0.15, 0.2) is 24.4 Å². The number of nitrogens with two attached hydrogens (primary N) is 1. The smallest absolute Gasteiger partial charge is 0.272 e. The Hall–Kier alpha value is -2.37. The predicted octanol–water partition coefficient (Wildman–Crippen LogP) is 1.23. The number of hydrogen-bond donors (Lipinski definition) is 1. The van der Waals surface area contributed by atoms with Crippen molar-refractivity contribution >= 4 is 17.5 Å². The van der Waals surface area contributed by atoms with Crippen LogP contribution in [0.2, 0.25) is 0 Å². The van der Waals surface area contributed by atoms with Crippen molar-refractivity contribution in [3.8, 4) is 0 Å². The monoisotopic (exact) mass is 300 g/mol. The molecule has 2 aromatic rings. The summed E-state index contributed by atoms with van der Waals surface area (Å²) in [6.45, 7) is 3.13. The van der Waals surface area contributed by atoms with Gasteiger partial charge < -0.3 is 10.6 Å². The lowest BCUT2D eigenvalue weighted by atomic mass is 9.96. The zero-order valence-corrected chi connectivity index (χ0v) is 12.7. The van der Waals surface area contributed by atoms with Crippen molar-refractivity contribution in [2.45, 2.75) is 26.2 Å². The Kier molecular flexibility index (Phi) is 3.83. The number of nitrogens with zero attached hydrogens (tertiary/aromatic N) is 3. The van der Waals surface area contributed by atoms with Crippen LogP contribution in [0.1, 0.15) is 35.9 Å². The lowest BCUT2D eigenvalue weighted by Crippen LogP contribution is -2.42. The second kappa shape index (κ2) is 5.79. The molecule has 2 amide bonds. The second-order valence-electron chi connectivity index (χ2n) is 5.66. The first-order valence-electron chi connectivity index (χ1n) is 7.66. The molecule has 0 spiro atoms. The minimum Gasteiger partial charge on any atom is -0.369 e. The number of carbonyl (C=O) groups is 2. The van der Waals surface area contributed by atoms with Crippen molar-refractivity contribution in [1.82, 2.24) is 14.3 Å². The van der Waals surface area contributed by atoms with Crippen LogP contribution in [-0.4, -0.2) is 39.2 Å².